The van der Waals surface area contributed by atoms with Crippen molar-refractivity contribution in [2.45, 2.75) is 23.8 Å². The van der Waals surface area contributed by atoms with Gasteiger partial charge in [-0.1, -0.05) is 6.07 Å². The van der Waals surface area contributed by atoms with E-state index >= 15 is 0 Å². The molecule has 2 aromatic carbocycles. The zero-order valence-electron chi connectivity index (χ0n) is 17.6. The maximum Gasteiger partial charge on any atom is 0.243 e. The van der Waals surface area contributed by atoms with Crippen LogP contribution < -0.4 is 14.8 Å². The molecule has 5 rings (SSSR count). The third-order valence-corrected chi connectivity index (χ3v) is 7.89. The molecule has 1 amide bonds. The fourth-order valence-corrected chi connectivity index (χ4v) is 6.00. The highest BCUT2D eigenvalue weighted by molar-refractivity contribution is 7.89. The molecule has 0 bridgehead atoms. The van der Waals surface area contributed by atoms with E-state index in [4.69, 9.17) is 21.7 Å². The van der Waals surface area contributed by atoms with Crippen LogP contribution in [-0.2, 0) is 14.8 Å². The van der Waals surface area contributed by atoms with Crippen molar-refractivity contribution in [3.05, 3.63) is 59.6 Å². The number of imidazole rings is 1. The van der Waals surface area contributed by atoms with E-state index in [-0.39, 0.29) is 17.3 Å². The molecule has 11 heteroatoms. The van der Waals surface area contributed by atoms with Crippen LogP contribution in [0.4, 0.5) is 5.69 Å². The molecule has 0 unspecified atom stereocenters. The van der Waals surface area contributed by atoms with Crippen molar-refractivity contribution in [1.29, 1.82) is 0 Å². The van der Waals surface area contributed by atoms with Gasteiger partial charge in [0.2, 0.25) is 15.9 Å². The van der Waals surface area contributed by atoms with Gasteiger partial charge in [0.25, 0.3) is 0 Å². The third-order valence-electron chi connectivity index (χ3n) is 5.67. The molecule has 33 heavy (non-hydrogen) atoms. The lowest BCUT2D eigenvalue weighted by atomic mass is 10.2. The van der Waals surface area contributed by atoms with E-state index in [0.717, 1.165) is 5.69 Å². The number of sulfonamides is 1. The molecular weight excluding hydrogens is 464 g/mol. The number of hydrogen-bond donors (Lipinski definition) is 2. The Hall–Kier alpha value is -3.15. The molecule has 0 aliphatic carbocycles. The first-order valence-electron chi connectivity index (χ1n) is 10.5. The van der Waals surface area contributed by atoms with Crippen molar-refractivity contribution < 1.29 is 22.7 Å². The van der Waals surface area contributed by atoms with Crippen molar-refractivity contribution in [3.8, 4) is 17.2 Å². The summed E-state index contributed by atoms with van der Waals surface area (Å²) in [5.41, 5.74) is 1.34. The molecule has 1 fully saturated rings. The Labute approximate surface area is 196 Å². The predicted molar refractivity (Wildman–Crippen MR) is 124 cm³/mol. The minimum atomic E-state index is -3.89. The number of benzene rings is 2. The van der Waals surface area contributed by atoms with Crippen molar-refractivity contribution in [2.75, 3.05) is 25.1 Å². The van der Waals surface area contributed by atoms with Crippen LogP contribution in [0.2, 0.25) is 0 Å². The number of carbonyl (C=O) groups is 1. The topological polar surface area (TPSA) is 106 Å². The van der Waals surface area contributed by atoms with E-state index in [1.165, 1.54) is 16.4 Å². The number of aromatic nitrogens is 2. The Bertz CT molecular complexity index is 1360. The summed E-state index contributed by atoms with van der Waals surface area (Å²) in [5.74, 6) is 0.532. The van der Waals surface area contributed by atoms with Crippen molar-refractivity contribution in [2.24, 2.45) is 0 Å². The lowest BCUT2D eigenvalue weighted by molar-refractivity contribution is -0.119. The minimum absolute atomic E-state index is 0.0790. The van der Waals surface area contributed by atoms with Gasteiger partial charge in [-0.25, -0.2) is 8.42 Å². The van der Waals surface area contributed by atoms with Gasteiger partial charge < -0.3 is 19.8 Å². The first kappa shape index (κ1) is 21.7. The Morgan fingerprint density at radius 1 is 1.12 bits per heavy atom. The summed E-state index contributed by atoms with van der Waals surface area (Å²) in [5, 5.41) is 2.86. The Kier molecular flexibility index (Phi) is 5.69. The molecule has 2 aliphatic rings. The van der Waals surface area contributed by atoms with E-state index in [2.05, 4.69) is 10.3 Å². The van der Waals surface area contributed by atoms with E-state index < -0.39 is 16.1 Å². The maximum absolute atomic E-state index is 13.4. The van der Waals surface area contributed by atoms with Gasteiger partial charge in [-0.2, -0.15) is 4.31 Å². The first-order chi connectivity index (χ1) is 15.9. The molecule has 3 heterocycles. The summed E-state index contributed by atoms with van der Waals surface area (Å²) in [4.78, 5) is 16.1. The fourth-order valence-electron chi connectivity index (χ4n) is 4.09. The highest BCUT2D eigenvalue weighted by Crippen LogP contribution is 2.35. The summed E-state index contributed by atoms with van der Waals surface area (Å²) in [6.45, 7) is 1.05. The highest BCUT2D eigenvalue weighted by Gasteiger charge is 2.40. The van der Waals surface area contributed by atoms with E-state index in [0.29, 0.717) is 48.0 Å². The number of fused-ring (bicyclic) bond motifs is 1. The Morgan fingerprint density at radius 3 is 2.73 bits per heavy atom. The molecule has 1 saturated heterocycles. The number of aromatic amines is 1. The monoisotopic (exact) mass is 486 g/mol. The average molecular weight is 487 g/mol. The standard InChI is InChI=1S/C22H22N4O5S2/c27-21(24-15-3-1-4-16(13-15)25-10-8-23-22(25)32)18-5-2-9-26(18)33(28,29)17-6-7-19-20(14-17)31-12-11-30-19/h1,3-4,6-8,10,13-14,18H,2,5,9,11-12H2,(H,23,32)(H,24,27)/t18-/m0/s1. The number of amides is 1. The quantitative estimate of drug-likeness (QED) is 0.537. The second kappa shape index (κ2) is 8.65. The number of rotatable bonds is 5. The molecule has 172 valence electrons. The number of carbonyl (C=O) groups excluding carboxylic acids is 1. The van der Waals surface area contributed by atoms with Crippen LogP contribution in [-0.4, -0.2) is 54.0 Å². The smallest absolute Gasteiger partial charge is 0.243 e. The second-order valence-corrected chi connectivity index (χ2v) is 10.0. The SMILES string of the molecule is O=C(Nc1cccc(-n2cc[nH]c2=S)c1)[C@@H]1CCCN1S(=O)(=O)c1ccc2c(c1)OCCO2. The number of nitrogens with one attached hydrogen (secondary N) is 2. The van der Waals surface area contributed by atoms with Gasteiger partial charge in [-0.15, -0.1) is 0 Å². The Morgan fingerprint density at radius 2 is 1.94 bits per heavy atom. The van der Waals surface area contributed by atoms with Gasteiger partial charge in [0.15, 0.2) is 16.3 Å². The molecular formula is C22H22N4O5S2. The van der Waals surface area contributed by atoms with E-state index in [9.17, 15) is 13.2 Å². The summed E-state index contributed by atoms with van der Waals surface area (Å²) in [6, 6.07) is 10.9. The van der Waals surface area contributed by atoms with Crippen molar-refractivity contribution >= 4 is 33.8 Å². The minimum Gasteiger partial charge on any atom is -0.486 e. The molecule has 0 spiro atoms. The number of H-pyrrole nitrogens is 1. The molecule has 3 aromatic rings. The fraction of sp³-hybridized carbons (Fsp3) is 0.273. The largest absolute Gasteiger partial charge is 0.486 e. The van der Waals surface area contributed by atoms with Crippen LogP contribution in [0.25, 0.3) is 5.69 Å². The van der Waals surface area contributed by atoms with Gasteiger partial charge in [0, 0.05) is 36.4 Å². The van der Waals surface area contributed by atoms with Crippen LogP contribution in [0.5, 0.6) is 11.5 Å². The van der Waals surface area contributed by atoms with Gasteiger partial charge in [-0.3, -0.25) is 9.36 Å². The van der Waals surface area contributed by atoms with Gasteiger partial charge in [0.1, 0.15) is 19.3 Å². The van der Waals surface area contributed by atoms with Crippen LogP contribution in [0.3, 0.4) is 0 Å². The molecule has 0 radical (unpaired) electrons. The van der Waals surface area contributed by atoms with Crippen LogP contribution in [0.1, 0.15) is 12.8 Å². The number of anilines is 1. The summed E-state index contributed by atoms with van der Waals surface area (Å²) < 4.78 is 41.3. The van der Waals surface area contributed by atoms with Crippen LogP contribution in [0.15, 0.2) is 59.8 Å². The predicted octanol–water partition coefficient (Wildman–Crippen LogP) is 3.10. The molecule has 2 N–H and O–H groups in total. The average Bonchev–Trinajstić information content (AvgIpc) is 3.48. The third kappa shape index (κ3) is 4.14. The zero-order valence-corrected chi connectivity index (χ0v) is 19.2. The maximum atomic E-state index is 13.4. The number of ether oxygens (including phenoxy) is 2. The second-order valence-electron chi connectivity index (χ2n) is 7.75. The number of hydrogen-bond acceptors (Lipinski definition) is 6. The first-order valence-corrected chi connectivity index (χ1v) is 12.4. The van der Waals surface area contributed by atoms with Crippen molar-refractivity contribution in [3.63, 3.8) is 0 Å². The summed E-state index contributed by atoms with van der Waals surface area (Å²) in [7, 11) is -3.89. The lowest BCUT2D eigenvalue weighted by Crippen LogP contribution is -2.43. The summed E-state index contributed by atoms with van der Waals surface area (Å²) in [6.07, 6.45) is 4.56. The van der Waals surface area contributed by atoms with Crippen LogP contribution >= 0.6 is 12.2 Å². The zero-order chi connectivity index (χ0) is 23.0. The van der Waals surface area contributed by atoms with E-state index in [1.54, 1.807) is 41.2 Å². The lowest BCUT2D eigenvalue weighted by Gasteiger charge is -2.25. The molecule has 2 aliphatic heterocycles. The summed E-state index contributed by atoms with van der Waals surface area (Å²) >= 11 is 5.26. The van der Waals surface area contributed by atoms with Crippen molar-refractivity contribution in [1.82, 2.24) is 13.9 Å². The van der Waals surface area contributed by atoms with E-state index in [1.807, 2.05) is 6.07 Å². The van der Waals surface area contributed by atoms with Gasteiger partial charge in [0.05, 0.1) is 4.90 Å². The molecule has 0 saturated carbocycles. The normalized spacial score (nSPS) is 18.2. The molecule has 1 atom stereocenters. The highest BCUT2D eigenvalue weighted by atomic mass is 32.2. The molecule has 1 aromatic heterocycles. The van der Waals surface area contributed by atoms with Gasteiger partial charge in [-0.05, 0) is 55.4 Å². The Balaban J connectivity index is 1.37. The van der Waals surface area contributed by atoms with Crippen LogP contribution in [0, 0.1) is 4.77 Å². The number of nitrogens with zero attached hydrogens (tertiary/aromatic N) is 2. The van der Waals surface area contributed by atoms with Gasteiger partial charge >= 0.3 is 0 Å². The molecule has 9 nitrogen and oxygen atoms in total.